The van der Waals surface area contributed by atoms with E-state index in [1.54, 1.807) is 0 Å². The van der Waals surface area contributed by atoms with Gasteiger partial charge in [0.2, 0.25) is 0 Å². The summed E-state index contributed by atoms with van der Waals surface area (Å²) in [6.45, 7) is 5.25. The van der Waals surface area contributed by atoms with Gasteiger partial charge < -0.3 is 0 Å². The van der Waals surface area contributed by atoms with Crippen LogP contribution in [0.5, 0.6) is 0 Å². The molecule has 0 bridgehead atoms. The smallest absolute Gasteiger partial charge is 0.0766 e. The van der Waals surface area contributed by atoms with Crippen LogP contribution in [-0.4, -0.2) is 15.2 Å². The third-order valence-corrected chi connectivity index (χ3v) is 5.21. The summed E-state index contributed by atoms with van der Waals surface area (Å²) >= 11 is 10.1. The molecule has 1 fully saturated rings. The molecule has 18 heavy (non-hydrogen) atoms. The predicted octanol–water partition coefficient (Wildman–Crippen LogP) is 4.57. The zero-order valence-electron chi connectivity index (χ0n) is 11.3. The lowest BCUT2D eigenvalue weighted by atomic mass is 10.1. The molecule has 1 aliphatic rings. The van der Waals surface area contributed by atoms with E-state index in [0.717, 1.165) is 38.1 Å². The topological polar surface area (TPSA) is 17.8 Å². The lowest BCUT2D eigenvalue weighted by Gasteiger charge is -2.09. The lowest BCUT2D eigenvalue weighted by molar-refractivity contribution is 0.579. The Bertz CT molecular complexity index is 399. The highest BCUT2D eigenvalue weighted by Gasteiger charge is 2.29. The van der Waals surface area contributed by atoms with E-state index < -0.39 is 0 Å². The van der Waals surface area contributed by atoms with Crippen LogP contribution in [0.15, 0.2) is 4.47 Å². The third-order valence-electron chi connectivity index (χ3n) is 3.72. The monoisotopic (exact) mass is 332 g/mol. The number of alkyl halides is 1. The standard InChI is InChI=1S/C14H22BrClN2/c1-3-12-14(15)13(18(4-2)17-12)7-5-6-11(16)10-8-9-10/h10-11H,3-9H2,1-2H3. The highest BCUT2D eigenvalue weighted by molar-refractivity contribution is 9.10. The average Bonchev–Trinajstić information content (AvgIpc) is 3.17. The van der Waals surface area contributed by atoms with Gasteiger partial charge >= 0.3 is 0 Å². The fraction of sp³-hybridized carbons (Fsp3) is 0.786. The number of aryl methyl sites for hydroxylation is 2. The fourth-order valence-corrected chi connectivity index (χ4v) is 3.58. The highest BCUT2D eigenvalue weighted by Crippen LogP contribution is 2.38. The highest BCUT2D eigenvalue weighted by atomic mass is 79.9. The number of aromatic nitrogens is 2. The minimum absolute atomic E-state index is 0.396. The molecule has 2 rings (SSSR count). The van der Waals surface area contributed by atoms with Gasteiger partial charge in [0.25, 0.3) is 0 Å². The van der Waals surface area contributed by atoms with Crippen LogP contribution >= 0.6 is 27.5 Å². The molecule has 1 unspecified atom stereocenters. The molecule has 1 atom stereocenters. The van der Waals surface area contributed by atoms with Crippen LogP contribution in [0.4, 0.5) is 0 Å². The second-order valence-electron chi connectivity index (χ2n) is 5.12. The van der Waals surface area contributed by atoms with Crippen molar-refractivity contribution < 1.29 is 0 Å². The predicted molar refractivity (Wildman–Crippen MR) is 80.3 cm³/mol. The summed E-state index contributed by atoms with van der Waals surface area (Å²) in [5.41, 5.74) is 2.52. The van der Waals surface area contributed by atoms with E-state index in [-0.39, 0.29) is 0 Å². The summed E-state index contributed by atoms with van der Waals surface area (Å²) in [7, 11) is 0. The van der Waals surface area contributed by atoms with Crippen LogP contribution < -0.4 is 0 Å². The van der Waals surface area contributed by atoms with Crippen LogP contribution in [0.3, 0.4) is 0 Å². The summed E-state index contributed by atoms with van der Waals surface area (Å²) in [5, 5.41) is 5.02. The van der Waals surface area contributed by atoms with Gasteiger partial charge in [-0.15, -0.1) is 11.6 Å². The van der Waals surface area contributed by atoms with Crippen molar-refractivity contribution in [3.05, 3.63) is 15.9 Å². The minimum Gasteiger partial charge on any atom is -0.268 e. The van der Waals surface area contributed by atoms with E-state index in [1.807, 2.05) is 0 Å². The molecule has 0 N–H and O–H groups in total. The first-order chi connectivity index (χ1) is 8.67. The van der Waals surface area contributed by atoms with Gasteiger partial charge in [-0.2, -0.15) is 5.10 Å². The molecule has 1 saturated carbocycles. The van der Waals surface area contributed by atoms with E-state index in [9.17, 15) is 0 Å². The van der Waals surface area contributed by atoms with Gasteiger partial charge in [0.15, 0.2) is 0 Å². The van der Waals surface area contributed by atoms with Gasteiger partial charge in [-0.25, -0.2) is 0 Å². The van der Waals surface area contributed by atoms with Gasteiger partial charge in [-0.05, 0) is 67.3 Å². The van der Waals surface area contributed by atoms with E-state index in [0.29, 0.717) is 5.38 Å². The third kappa shape index (κ3) is 3.30. The van der Waals surface area contributed by atoms with Crippen LogP contribution in [0, 0.1) is 5.92 Å². The SMILES string of the molecule is CCc1nn(CC)c(CCCC(Cl)C2CC2)c1Br. The van der Waals surface area contributed by atoms with Crippen LogP contribution in [-0.2, 0) is 19.4 Å². The van der Waals surface area contributed by atoms with Gasteiger partial charge in [-0.1, -0.05) is 6.92 Å². The maximum Gasteiger partial charge on any atom is 0.0766 e. The van der Waals surface area contributed by atoms with Gasteiger partial charge in [0, 0.05) is 11.9 Å². The van der Waals surface area contributed by atoms with E-state index >= 15 is 0 Å². The molecule has 1 aromatic heterocycles. The van der Waals surface area contributed by atoms with E-state index in [4.69, 9.17) is 11.6 Å². The van der Waals surface area contributed by atoms with E-state index in [1.165, 1.54) is 28.7 Å². The van der Waals surface area contributed by atoms with Crippen molar-refractivity contribution in [1.82, 2.24) is 9.78 Å². The summed E-state index contributed by atoms with van der Waals surface area (Å²) in [6.07, 6.45) is 7.04. The zero-order valence-corrected chi connectivity index (χ0v) is 13.6. The average molecular weight is 334 g/mol. The van der Waals surface area contributed by atoms with E-state index in [2.05, 4.69) is 39.6 Å². The second kappa shape index (κ2) is 6.42. The number of halogens is 2. The Morgan fingerprint density at radius 3 is 2.72 bits per heavy atom. The molecule has 1 aromatic rings. The fourth-order valence-electron chi connectivity index (χ4n) is 2.41. The van der Waals surface area contributed by atoms with Crippen molar-refractivity contribution >= 4 is 27.5 Å². The molecule has 4 heteroatoms. The summed E-state index contributed by atoms with van der Waals surface area (Å²) in [5.74, 6) is 0.803. The van der Waals surface area contributed by atoms with Crippen molar-refractivity contribution in [1.29, 1.82) is 0 Å². The molecular formula is C14H22BrClN2. The Balaban J connectivity index is 1.92. The summed E-state index contributed by atoms with van der Waals surface area (Å²) in [4.78, 5) is 0. The molecular weight excluding hydrogens is 312 g/mol. The van der Waals surface area contributed by atoms with Crippen LogP contribution in [0.1, 0.15) is 50.9 Å². The van der Waals surface area contributed by atoms with Crippen LogP contribution in [0.2, 0.25) is 0 Å². The molecule has 1 heterocycles. The van der Waals surface area contributed by atoms with Crippen LogP contribution in [0.25, 0.3) is 0 Å². The van der Waals surface area contributed by atoms with Gasteiger partial charge in [0.05, 0.1) is 15.9 Å². The maximum atomic E-state index is 6.36. The molecule has 0 aromatic carbocycles. The molecule has 0 saturated heterocycles. The van der Waals surface area contributed by atoms with Crippen molar-refractivity contribution in [2.45, 2.75) is 64.3 Å². The largest absolute Gasteiger partial charge is 0.268 e. The Morgan fingerprint density at radius 2 is 2.17 bits per heavy atom. The quantitative estimate of drug-likeness (QED) is 0.668. The summed E-state index contributed by atoms with van der Waals surface area (Å²) < 4.78 is 3.34. The molecule has 102 valence electrons. The van der Waals surface area contributed by atoms with Crippen molar-refractivity contribution in [3.8, 4) is 0 Å². The first-order valence-corrected chi connectivity index (χ1v) is 8.28. The normalized spacial score (nSPS) is 17.1. The Kier molecular flexibility index (Phi) is 5.14. The first kappa shape index (κ1) is 14.4. The molecule has 0 spiro atoms. The molecule has 0 amide bonds. The lowest BCUT2D eigenvalue weighted by Crippen LogP contribution is -2.06. The molecule has 1 aliphatic carbocycles. The molecule has 2 nitrogen and oxygen atoms in total. The maximum absolute atomic E-state index is 6.36. The molecule has 0 aliphatic heterocycles. The number of nitrogens with zero attached hydrogens (tertiary/aromatic N) is 2. The minimum atomic E-state index is 0.396. The van der Waals surface area contributed by atoms with Crippen molar-refractivity contribution in [2.24, 2.45) is 5.92 Å². The number of hydrogen-bond donors (Lipinski definition) is 0. The second-order valence-corrected chi connectivity index (χ2v) is 6.48. The Morgan fingerprint density at radius 1 is 1.44 bits per heavy atom. The number of rotatable bonds is 7. The summed E-state index contributed by atoms with van der Waals surface area (Å²) in [6, 6.07) is 0. The van der Waals surface area contributed by atoms with Crippen molar-refractivity contribution in [3.63, 3.8) is 0 Å². The Hall–Kier alpha value is -0.0200. The zero-order chi connectivity index (χ0) is 13.1. The number of hydrogen-bond acceptors (Lipinski definition) is 1. The Labute approximate surface area is 123 Å². The van der Waals surface area contributed by atoms with Gasteiger partial charge in [0.1, 0.15) is 0 Å². The molecule has 0 radical (unpaired) electrons. The first-order valence-electron chi connectivity index (χ1n) is 7.05. The van der Waals surface area contributed by atoms with Gasteiger partial charge in [-0.3, -0.25) is 4.68 Å². The van der Waals surface area contributed by atoms with Crippen molar-refractivity contribution in [2.75, 3.05) is 0 Å².